The number of aliphatic carboxylic acids is 1. The van der Waals surface area contributed by atoms with E-state index in [0.29, 0.717) is 6.61 Å². The lowest BCUT2D eigenvalue weighted by molar-refractivity contribution is -0.192. The van der Waals surface area contributed by atoms with Crippen molar-refractivity contribution in [2.24, 2.45) is 0 Å². The number of amides is 1. The third-order valence-electron chi connectivity index (χ3n) is 5.70. The molecule has 11 heteroatoms. The largest absolute Gasteiger partial charge is 0.490 e. The Bertz CT molecular complexity index is 740. The molecule has 1 spiro atoms. The first kappa shape index (κ1) is 24.0. The van der Waals surface area contributed by atoms with Crippen LogP contribution in [0.1, 0.15) is 31.2 Å². The molecule has 3 saturated heterocycles. The van der Waals surface area contributed by atoms with Crippen LogP contribution in [0.4, 0.5) is 13.2 Å². The summed E-state index contributed by atoms with van der Waals surface area (Å²) < 4.78 is 43.7. The van der Waals surface area contributed by atoms with Gasteiger partial charge in [0.05, 0.1) is 18.3 Å². The molecule has 2 atom stereocenters. The SMILES string of the molecule is O=C(CO[C@H]1CO[C@@]2(CCN(Cc3ccsc3)C2)C1)N1CCCC1.O=C(O)C(F)(F)F. The highest BCUT2D eigenvalue weighted by Gasteiger charge is 2.46. The number of likely N-dealkylation sites (tertiary alicyclic amines) is 2. The quantitative estimate of drug-likeness (QED) is 0.722. The highest BCUT2D eigenvalue weighted by atomic mass is 32.1. The van der Waals surface area contributed by atoms with Gasteiger partial charge in [-0.05, 0) is 41.7 Å². The van der Waals surface area contributed by atoms with Crippen LogP contribution in [-0.2, 0) is 25.6 Å². The lowest BCUT2D eigenvalue weighted by atomic mass is 9.98. The summed E-state index contributed by atoms with van der Waals surface area (Å²) in [5.41, 5.74) is 1.33. The van der Waals surface area contributed by atoms with Crippen molar-refractivity contribution in [2.45, 2.75) is 50.1 Å². The van der Waals surface area contributed by atoms with Crippen LogP contribution in [0, 0.1) is 0 Å². The third kappa shape index (κ3) is 6.90. The number of ether oxygens (including phenoxy) is 2. The molecule has 4 heterocycles. The van der Waals surface area contributed by atoms with E-state index in [1.54, 1.807) is 11.3 Å². The highest BCUT2D eigenvalue weighted by molar-refractivity contribution is 7.07. The smallest absolute Gasteiger partial charge is 0.475 e. The lowest BCUT2D eigenvalue weighted by Crippen LogP contribution is -2.34. The Morgan fingerprint density at radius 2 is 2.00 bits per heavy atom. The fourth-order valence-corrected chi connectivity index (χ4v) is 4.80. The van der Waals surface area contributed by atoms with Crippen molar-refractivity contribution in [2.75, 3.05) is 39.4 Å². The number of carbonyl (C=O) groups excluding carboxylic acids is 1. The second-order valence-electron chi connectivity index (χ2n) is 8.11. The Balaban J connectivity index is 0.000000339. The molecule has 1 aromatic rings. The molecule has 0 unspecified atom stereocenters. The first-order chi connectivity index (χ1) is 14.7. The van der Waals surface area contributed by atoms with Crippen LogP contribution < -0.4 is 0 Å². The molecule has 0 saturated carbocycles. The maximum absolute atomic E-state index is 12.1. The summed E-state index contributed by atoms with van der Waals surface area (Å²) in [5, 5.41) is 11.5. The van der Waals surface area contributed by atoms with Crippen LogP contribution in [-0.4, -0.2) is 84.1 Å². The molecular weight excluding hydrogens is 437 g/mol. The number of carboxylic acids is 1. The van der Waals surface area contributed by atoms with Gasteiger partial charge in [0.1, 0.15) is 6.61 Å². The standard InChI is InChI=1S/C18H26N2O3S.C2HF3O2/c21-17(20-5-1-2-6-20)12-22-16-9-18(23-11-16)4-7-19(14-18)10-15-3-8-24-13-15;3-2(4,5)1(6)7/h3,8,13,16H,1-2,4-7,9-12,14H2;(H,6,7)/t16-,18+;/m1./s1. The normalized spacial score (nSPS) is 26.3. The first-order valence-corrected chi connectivity index (χ1v) is 11.2. The van der Waals surface area contributed by atoms with E-state index in [1.165, 1.54) is 5.56 Å². The van der Waals surface area contributed by atoms with E-state index in [4.69, 9.17) is 19.4 Å². The maximum atomic E-state index is 12.1. The minimum Gasteiger partial charge on any atom is -0.475 e. The Morgan fingerprint density at radius 1 is 1.29 bits per heavy atom. The van der Waals surface area contributed by atoms with Crippen LogP contribution in [0.5, 0.6) is 0 Å². The van der Waals surface area contributed by atoms with Gasteiger partial charge in [-0.2, -0.15) is 24.5 Å². The molecule has 31 heavy (non-hydrogen) atoms. The first-order valence-electron chi connectivity index (χ1n) is 10.2. The summed E-state index contributed by atoms with van der Waals surface area (Å²) in [5.74, 6) is -2.62. The van der Waals surface area contributed by atoms with Crippen LogP contribution in [0.15, 0.2) is 16.8 Å². The van der Waals surface area contributed by atoms with Crippen molar-refractivity contribution >= 4 is 23.2 Å². The topological polar surface area (TPSA) is 79.3 Å². The number of nitrogens with zero attached hydrogens (tertiary/aromatic N) is 2. The summed E-state index contributed by atoms with van der Waals surface area (Å²) in [6.45, 7) is 5.68. The summed E-state index contributed by atoms with van der Waals surface area (Å²) in [4.78, 5) is 25.4. The minimum absolute atomic E-state index is 0.0582. The van der Waals surface area contributed by atoms with Gasteiger partial charge in [-0.25, -0.2) is 4.79 Å². The van der Waals surface area contributed by atoms with Crippen LogP contribution >= 0.6 is 11.3 Å². The predicted octanol–water partition coefficient (Wildman–Crippen LogP) is 2.75. The van der Waals surface area contributed by atoms with Crippen LogP contribution in [0.2, 0.25) is 0 Å². The fourth-order valence-electron chi connectivity index (χ4n) is 4.14. The second-order valence-corrected chi connectivity index (χ2v) is 8.89. The molecule has 1 aromatic heterocycles. The van der Waals surface area contributed by atoms with Crippen LogP contribution in [0.3, 0.4) is 0 Å². The molecule has 0 aliphatic carbocycles. The van der Waals surface area contributed by atoms with Gasteiger partial charge in [0, 0.05) is 39.1 Å². The van der Waals surface area contributed by atoms with Gasteiger partial charge in [-0.1, -0.05) is 0 Å². The number of hydrogen-bond acceptors (Lipinski definition) is 6. The molecule has 3 aliphatic heterocycles. The number of hydrogen-bond donors (Lipinski definition) is 1. The molecule has 0 bridgehead atoms. The van der Waals surface area contributed by atoms with E-state index in [0.717, 1.165) is 58.4 Å². The number of carbonyl (C=O) groups is 2. The summed E-state index contributed by atoms with van der Waals surface area (Å²) >= 11 is 1.75. The molecule has 3 aliphatic rings. The molecule has 1 amide bonds. The zero-order valence-electron chi connectivity index (χ0n) is 17.1. The van der Waals surface area contributed by atoms with Crippen molar-refractivity contribution in [3.63, 3.8) is 0 Å². The number of rotatable bonds is 5. The Hall–Kier alpha value is -1.69. The average Bonchev–Trinajstić information content (AvgIpc) is 3.50. The molecule has 1 N–H and O–H groups in total. The zero-order chi connectivity index (χ0) is 22.5. The summed E-state index contributed by atoms with van der Waals surface area (Å²) in [6, 6.07) is 2.20. The molecule has 0 aromatic carbocycles. The van der Waals surface area contributed by atoms with E-state index in [-0.39, 0.29) is 24.2 Å². The lowest BCUT2D eigenvalue weighted by Gasteiger charge is -2.23. The van der Waals surface area contributed by atoms with Gasteiger partial charge in [0.15, 0.2) is 0 Å². The molecule has 0 radical (unpaired) electrons. The second kappa shape index (κ2) is 10.3. The van der Waals surface area contributed by atoms with E-state index in [1.807, 2.05) is 4.90 Å². The van der Waals surface area contributed by atoms with E-state index in [2.05, 4.69) is 21.7 Å². The highest BCUT2D eigenvalue weighted by Crippen LogP contribution is 2.36. The van der Waals surface area contributed by atoms with Gasteiger partial charge in [0.25, 0.3) is 0 Å². The molecule has 174 valence electrons. The summed E-state index contributed by atoms with van der Waals surface area (Å²) in [6.07, 6.45) is -0.780. The zero-order valence-corrected chi connectivity index (χ0v) is 17.9. The average molecular weight is 465 g/mol. The monoisotopic (exact) mass is 464 g/mol. The molecule has 3 fully saturated rings. The van der Waals surface area contributed by atoms with E-state index < -0.39 is 12.1 Å². The minimum atomic E-state index is -5.08. The predicted molar refractivity (Wildman–Crippen MR) is 107 cm³/mol. The Kier molecular flexibility index (Phi) is 7.95. The molecule has 7 nitrogen and oxygen atoms in total. The van der Waals surface area contributed by atoms with Crippen LogP contribution in [0.25, 0.3) is 0 Å². The van der Waals surface area contributed by atoms with E-state index in [9.17, 15) is 18.0 Å². The Labute approximate surface area is 182 Å². The van der Waals surface area contributed by atoms with Gasteiger partial charge < -0.3 is 19.5 Å². The Morgan fingerprint density at radius 3 is 2.61 bits per heavy atom. The van der Waals surface area contributed by atoms with E-state index >= 15 is 0 Å². The maximum Gasteiger partial charge on any atom is 0.490 e. The number of alkyl halides is 3. The number of thiophene rings is 1. The molecular formula is C20H27F3N2O5S. The third-order valence-corrected chi connectivity index (χ3v) is 6.43. The van der Waals surface area contributed by atoms with Crippen molar-refractivity contribution in [1.82, 2.24) is 9.80 Å². The van der Waals surface area contributed by atoms with Gasteiger partial charge in [-0.3, -0.25) is 9.69 Å². The van der Waals surface area contributed by atoms with Gasteiger partial charge >= 0.3 is 12.1 Å². The van der Waals surface area contributed by atoms with Gasteiger partial charge in [0.2, 0.25) is 5.91 Å². The number of carboxylic acid groups (broad SMARTS) is 1. The van der Waals surface area contributed by atoms with Crippen molar-refractivity contribution in [3.8, 4) is 0 Å². The number of halogens is 3. The summed E-state index contributed by atoms with van der Waals surface area (Å²) in [7, 11) is 0. The molecule has 4 rings (SSSR count). The van der Waals surface area contributed by atoms with Crippen molar-refractivity contribution in [1.29, 1.82) is 0 Å². The fraction of sp³-hybridized carbons (Fsp3) is 0.700. The van der Waals surface area contributed by atoms with Gasteiger partial charge in [-0.15, -0.1) is 0 Å². The van der Waals surface area contributed by atoms with Crippen molar-refractivity contribution in [3.05, 3.63) is 22.4 Å². The van der Waals surface area contributed by atoms with Crippen molar-refractivity contribution < 1.29 is 37.3 Å².